The minimum absolute atomic E-state index is 0.0449. The fourth-order valence-corrected chi connectivity index (χ4v) is 4.02. The zero-order valence-electron chi connectivity index (χ0n) is 16.4. The Morgan fingerprint density at radius 2 is 2.22 bits per heavy atom. The Hall–Kier alpha value is -1.96. The molecule has 3 rings (SSSR count). The van der Waals surface area contributed by atoms with Crippen LogP contribution in [0.3, 0.4) is 0 Å². The molecule has 0 unspecified atom stereocenters. The highest BCUT2D eigenvalue weighted by atomic mass is 16.5. The van der Waals surface area contributed by atoms with E-state index in [-0.39, 0.29) is 23.9 Å². The van der Waals surface area contributed by atoms with Gasteiger partial charge in [-0.3, -0.25) is 0 Å². The quantitative estimate of drug-likeness (QED) is 0.568. The predicted octanol–water partition coefficient (Wildman–Crippen LogP) is 3.67. The lowest BCUT2D eigenvalue weighted by molar-refractivity contribution is 0.133. The zero-order valence-corrected chi connectivity index (χ0v) is 16.4. The Morgan fingerprint density at radius 1 is 1.41 bits per heavy atom. The first-order chi connectivity index (χ1) is 13.1. The van der Waals surface area contributed by atoms with E-state index in [0.29, 0.717) is 19.4 Å². The van der Waals surface area contributed by atoms with Crippen LogP contribution < -0.4 is 9.47 Å². The number of fused-ring (bicyclic) bond motifs is 3. The number of aliphatic hydroxyl groups excluding tert-OH is 2. The maximum Gasteiger partial charge on any atom is 0.165 e. The minimum Gasteiger partial charge on any atom is -0.490 e. The molecule has 0 saturated heterocycles. The Bertz CT molecular complexity index is 730. The maximum atomic E-state index is 10.6. The molecule has 0 amide bonds. The molecule has 2 N–H and O–H groups in total. The monoisotopic (exact) mass is 370 g/mol. The molecule has 27 heavy (non-hydrogen) atoms. The van der Waals surface area contributed by atoms with Gasteiger partial charge in [-0.05, 0) is 25.3 Å². The number of aliphatic hydroxyl groups is 2. The summed E-state index contributed by atoms with van der Waals surface area (Å²) in [4.78, 5) is 0. The van der Waals surface area contributed by atoms with E-state index in [2.05, 4.69) is 24.8 Å². The Kier molecular flexibility index (Phi) is 6.46. The van der Waals surface area contributed by atoms with Crippen LogP contribution in [0.2, 0.25) is 0 Å². The fourth-order valence-electron chi connectivity index (χ4n) is 4.02. The second-order valence-electron chi connectivity index (χ2n) is 7.57. The molecule has 0 bridgehead atoms. The van der Waals surface area contributed by atoms with Crippen LogP contribution in [-0.4, -0.2) is 35.1 Å². The number of rotatable bonds is 7. The van der Waals surface area contributed by atoms with Crippen molar-refractivity contribution in [3.8, 4) is 23.3 Å². The fraction of sp³-hybridized carbons (Fsp3) is 0.565. The number of ether oxygens (including phenoxy) is 2. The molecule has 1 heterocycles. The molecule has 1 aliphatic carbocycles. The lowest BCUT2D eigenvalue weighted by atomic mass is 9.87. The smallest absolute Gasteiger partial charge is 0.165 e. The molecule has 0 radical (unpaired) electrons. The molecule has 1 fully saturated rings. The van der Waals surface area contributed by atoms with Gasteiger partial charge >= 0.3 is 0 Å². The van der Waals surface area contributed by atoms with Gasteiger partial charge in [0.15, 0.2) is 11.5 Å². The van der Waals surface area contributed by atoms with Gasteiger partial charge in [-0.25, -0.2) is 0 Å². The number of para-hydroxylation sites is 1. The standard InChI is InChI=1S/C23H30O4/c1-4-6-8-15(3)18(24)12-11-16-19(25)14-21-22(16)17-9-7-10-20(23(17)27-21)26-13-5-2/h7,9-12,15-16,18-19,21-22,24-25H,5,8,13-14H2,1-3H3/t15-,16-,18+,19+,21-,22-/m0/s1. The van der Waals surface area contributed by atoms with E-state index in [9.17, 15) is 10.2 Å². The van der Waals surface area contributed by atoms with Crippen LogP contribution in [-0.2, 0) is 0 Å². The van der Waals surface area contributed by atoms with Crippen LogP contribution in [0, 0.1) is 23.7 Å². The average molecular weight is 370 g/mol. The molecule has 1 saturated carbocycles. The summed E-state index contributed by atoms with van der Waals surface area (Å²) < 4.78 is 12.0. The van der Waals surface area contributed by atoms with Crippen molar-refractivity contribution in [2.75, 3.05) is 6.61 Å². The summed E-state index contributed by atoms with van der Waals surface area (Å²) in [7, 11) is 0. The molecule has 1 aromatic carbocycles. The SMILES string of the molecule is CC#CC[C@H](C)[C@H](O)C=C[C@@H]1[C@H]2c3cccc(OCCC)c3O[C@H]2C[C@H]1O. The summed E-state index contributed by atoms with van der Waals surface area (Å²) in [6.07, 6.45) is 4.89. The molecular formula is C23H30O4. The van der Waals surface area contributed by atoms with Crippen LogP contribution in [0.4, 0.5) is 0 Å². The van der Waals surface area contributed by atoms with Crippen molar-refractivity contribution in [3.63, 3.8) is 0 Å². The maximum absolute atomic E-state index is 10.6. The van der Waals surface area contributed by atoms with E-state index in [1.807, 2.05) is 31.2 Å². The number of hydrogen-bond acceptors (Lipinski definition) is 4. The van der Waals surface area contributed by atoms with Crippen molar-refractivity contribution in [2.24, 2.45) is 11.8 Å². The average Bonchev–Trinajstić information content (AvgIpc) is 3.17. The van der Waals surface area contributed by atoms with Crippen molar-refractivity contribution in [1.29, 1.82) is 0 Å². The van der Waals surface area contributed by atoms with E-state index in [4.69, 9.17) is 9.47 Å². The van der Waals surface area contributed by atoms with Gasteiger partial charge in [0.05, 0.1) is 18.8 Å². The summed E-state index contributed by atoms with van der Waals surface area (Å²) in [6, 6.07) is 5.99. The van der Waals surface area contributed by atoms with E-state index in [0.717, 1.165) is 23.5 Å². The minimum atomic E-state index is -0.571. The Labute approximate surface area is 162 Å². The van der Waals surface area contributed by atoms with E-state index >= 15 is 0 Å². The highest BCUT2D eigenvalue weighted by molar-refractivity contribution is 5.53. The normalized spacial score (nSPS) is 28.0. The van der Waals surface area contributed by atoms with Crippen LogP contribution in [0.15, 0.2) is 30.4 Å². The molecule has 0 aromatic heterocycles. The third-order valence-electron chi connectivity index (χ3n) is 5.55. The topological polar surface area (TPSA) is 58.9 Å². The first kappa shape index (κ1) is 19.8. The predicted molar refractivity (Wildman–Crippen MR) is 106 cm³/mol. The molecule has 1 aliphatic heterocycles. The van der Waals surface area contributed by atoms with Crippen LogP contribution in [0.5, 0.6) is 11.5 Å². The van der Waals surface area contributed by atoms with Gasteiger partial charge in [-0.15, -0.1) is 11.8 Å². The third kappa shape index (κ3) is 4.15. The molecule has 2 aliphatic rings. The van der Waals surface area contributed by atoms with Crippen LogP contribution >= 0.6 is 0 Å². The Morgan fingerprint density at radius 3 is 2.96 bits per heavy atom. The highest BCUT2D eigenvalue weighted by Gasteiger charge is 2.49. The molecule has 146 valence electrons. The second-order valence-corrected chi connectivity index (χ2v) is 7.57. The first-order valence-electron chi connectivity index (χ1n) is 9.93. The van der Waals surface area contributed by atoms with Crippen molar-refractivity contribution >= 4 is 0 Å². The first-order valence-corrected chi connectivity index (χ1v) is 9.93. The summed E-state index contributed by atoms with van der Waals surface area (Å²) in [5.41, 5.74) is 1.10. The summed E-state index contributed by atoms with van der Waals surface area (Å²) in [6.45, 7) is 6.53. The van der Waals surface area contributed by atoms with Gasteiger partial charge in [0.1, 0.15) is 6.10 Å². The lowest BCUT2D eigenvalue weighted by Crippen LogP contribution is -2.19. The van der Waals surface area contributed by atoms with Gasteiger partial charge in [-0.2, -0.15) is 0 Å². The molecule has 1 aromatic rings. The number of hydrogen-bond donors (Lipinski definition) is 2. The molecule has 0 spiro atoms. The van der Waals surface area contributed by atoms with Gasteiger partial charge in [0, 0.05) is 30.2 Å². The summed E-state index contributed by atoms with van der Waals surface area (Å²) in [5.74, 6) is 7.56. The van der Waals surface area contributed by atoms with Gasteiger partial charge in [0.2, 0.25) is 0 Å². The van der Waals surface area contributed by atoms with E-state index in [1.165, 1.54) is 0 Å². The van der Waals surface area contributed by atoms with Crippen molar-refractivity contribution in [2.45, 2.75) is 64.3 Å². The zero-order chi connectivity index (χ0) is 19.4. The van der Waals surface area contributed by atoms with Crippen molar-refractivity contribution < 1.29 is 19.7 Å². The van der Waals surface area contributed by atoms with Crippen molar-refractivity contribution in [1.82, 2.24) is 0 Å². The van der Waals surface area contributed by atoms with Crippen LogP contribution in [0.1, 0.15) is 51.5 Å². The van der Waals surface area contributed by atoms with E-state index in [1.54, 1.807) is 6.92 Å². The summed E-state index contributed by atoms with van der Waals surface area (Å²) in [5, 5.41) is 20.9. The summed E-state index contributed by atoms with van der Waals surface area (Å²) >= 11 is 0. The largest absolute Gasteiger partial charge is 0.490 e. The second kappa shape index (κ2) is 8.82. The molecular weight excluding hydrogens is 340 g/mol. The highest BCUT2D eigenvalue weighted by Crippen LogP contribution is 2.53. The van der Waals surface area contributed by atoms with Gasteiger partial charge < -0.3 is 19.7 Å². The Balaban J connectivity index is 1.77. The van der Waals surface area contributed by atoms with E-state index < -0.39 is 12.2 Å². The molecule has 4 nitrogen and oxygen atoms in total. The number of benzene rings is 1. The van der Waals surface area contributed by atoms with Gasteiger partial charge in [-0.1, -0.05) is 38.1 Å². The van der Waals surface area contributed by atoms with Gasteiger partial charge in [0.25, 0.3) is 0 Å². The lowest BCUT2D eigenvalue weighted by Gasteiger charge is -2.19. The van der Waals surface area contributed by atoms with Crippen LogP contribution in [0.25, 0.3) is 0 Å². The van der Waals surface area contributed by atoms with Crippen molar-refractivity contribution in [3.05, 3.63) is 35.9 Å². The third-order valence-corrected chi connectivity index (χ3v) is 5.55. The molecule has 4 heteroatoms. The molecule has 6 atom stereocenters.